The first-order valence-corrected chi connectivity index (χ1v) is 16.2. The Kier molecular flexibility index (Phi) is 15.3. The van der Waals surface area contributed by atoms with Crippen LogP contribution in [-0.2, 0) is 52.8 Å². The molecule has 1 aromatic heterocycles. The number of aromatic nitrogens is 2. The molecule has 0 bridgehead atoms. The second-order valence-electron chi connectivity index (χ2n) is 12.0. The summed E-state index contributed by atoms with van der Waals surface area (Å²) in [7, 11) is 0. The van der Waals surface area contributed by atoms with Crippen LogP contribution in [0.3, 0.4) is 0 Å². The Morgan fingerprint density at radius 3 is 1.75 bits per heavy atom. The van der Waals surface area contributed by atoms with E-state index in [0.717, 1.165) is 0 Å². The number of aliphatic carboxylic acids is 2. The number of hydrogen-bond acceptors (Lipinski definition) is 10. The van der Waals surface area contributed by atoms with Crippen molar-refractivity contribution in [1.82, 2.24) is 31.2 Å². The lowest BCUT2D eigenvalue weighted by molar-refractivity contribution is -0.142. The number of imidazole rings is 1. The van der Waals surface area contributed by atoms with Crippen molar-refractivity contribution < 1.29 is 48.9 Å². The lowest BCUT2D eigenvalue weighted by Gasteiger charge is -2.26. The number of rotatable bonds is 21. The summed E-state index contributed by atoms with van der Waals surface area (Å²) in [6.45, 7) is 0. The number of carbonyl (C=O) groups is 7. The highest BCUT2D eigenvalue weighted by Gasteiger charge is 2.32. The van der Waals surface area contributed by atoms with Gasteiger partial charge >= 0.3 is 11.9 Å². The van der Waals surface area contributed by atoms with Gasteiger partial charge in [0.25, 0.3) is 0 Å². The van der Waals surface area contributed by atoms with Crippen LogP contribution >= 0.6 is 0 Å². The van der Waals surface area contributed by atoms with E-state index in [-0.39, 0.29) is 44.3 Å². The molecule has 0 aliphatic heterocycles. The van der Waals surface area contributed by atoms with E-state index >= 15 is 0 Å². The highest BCUT2D eigenvalue weighted by molar-refractivity contribution is 5.96. The molecule has 1 heterocycles. The summed E-state index contributed by atoms with van der Waals surface area (Å²) in [5.74, 6) is -6.86. The molecule has 0 saturated carbocycles. The van der Waals surface area contributed by atoms with Gasteiger partial charge in [0.1, 0.15) is 29.9 Å². The third kappa shape index (κ3) is 13.5. The fourth-order valence-electron chi connectivity index (χ4n) is 5.01. The van der Waals surface area contributed by atoms with Crippen molar-refractivity contribution in [2.75, 3.05) is 0 Å². The Bertz CT molecular complexity index is 1690. The number of nitrogens with zero attached hydrogens (tertiary/aromatic N) is 1. The van der Waals surface area contributed by atoms with Crippen LogP contribution in [0, 0.1) is 0 Å². The number of H-pyrrole nitrogens is 1. The summed E-state index contributed by atoms with van der Waals surface area (Å²) in [5.41, 5.74) is 12.7. The monoisotopic (exact) mass is 722 g/mol. The van der Waals surface area contributed by atoms with Crippen molar-refractivity contribution in [2.45, 2.75) is 75.2 Å². The quantitative estimate of drug-likeness (QED) is 0.0609. The van der Waals surface area contributed by atoms with Crippen LogP contribution in [0.5, 0.6) is 5.75 Å². The maximum absolute atomic E-state index is 13.9. The Morgan fingerprint density at radius 1 is 0.673 bits per heavy atom. The van der Waals surface area contributed by atoms with Crippen molar-refractivity contribution in [3.8, 4) is 5.75 Å². The Labute approximate surface area is 297 Å². The van der Waals surface area contributed by atoms with Crippen LogP contribution in [0.1, 0.15) is 42.5 Å². The number of carbonyl (C=O) groups excluding carboxylic acids is 5. The van der Waals surface area contributed by atoms with Crippen LogP contribution < -0.4 is 32.7 Å². The van der Waals surface area contributed by atoms with Crippen molar-refractivity contribution in [2.24, 2.45) is 11.5 Å². The summed E-state index contributed by atoms with van der Waals surface area (Å²) >= 11 is 0. The van der Waals surface area contributed by atoms with Crippen LogP contribution in [0.15, 0.2) is 67.1 Å². The predicted octanol–water partition coefficient (Wildman–Crippen LogP) is -1.38. The standard InChI is InChI=1S/C34H42N8O10/c35-23(10-13-29(45)46)30(47)40-25(15-20-6-8-22(43)9-7-20)33(50)41-26(14-19-4-2-1-3-5-19)32(49)39-24(11-12-28(36)44)31(48)42-27(34(51)52)16-21-17-37-18-38-21/h1-9,17-18,23-27,43H,10-16,35H2,(H2,36,44)(H,37,38)(H,39,49)(H,40,47)(H,41,50)(H,42,48)(H,45,46)(H,51,52)/t23-,24-,25-,26-,27-/m0/s1. The van der Waals surface area contributed by atoms with Gasteiger partial charge in [-0.25, -0.2) is 9.78 Å². The lowest BCUT2D eigenvalue weighted by Crippen LogP contribution is -2.59. The molecule has 3 aromatic rings. The molecule has 18 heteroatoms. The van der Waals surface area contributed by atoms with Gasteiger partial charge in [-0.3, -0.25) is 28.8 Å². The topological polar surface area (TPSA) is 309 Å². The smallest absolute Gasteiger partial charge is 0.326 e. The van der Waals surface area contributed by atoms with E-state index in [4.69, 9.17) is 16.6 Å². The summed E-state index contributed by atoms with van der Waals surface area (Å²) in [6.07, 6.45) is 1.05. The van der Waals surface area contributed by atoms with E-state index in [1.165, 1.54) is 36.8 Å². The van der Waals surface area contributed by atoms with Gasteiger partial charge in [-0.15, -0.1) is 0 Å². The van der Waals surface area contributed by atoms with Gasteiger partial charge in [0.05, 0.1) is 12.4 Å². The number of aromatic amines is 1. The van der Waals surface area contributed by atoms with Crippen LogP contribution in [0.2, 0.25) is 0 Å². The molecule has 0 radical (unpaired) electrons. The van der Waals surface area contributed by atoms with Gasteiger partial charge in [-0.1, -0.05) is 42.5 Å². The molecule has 12 N–H and O–H groups in total. The minimum absolute atomic E-state index is 0.0463. The molecule has 0 fully saturated rings. The molecule has 5 amide bonds. The first-order valence-electron chi connectivity index (χ1n) is 16.2. The molecule has 0 aliphatic rings. The fourth-order valence-corrected chi connectivity index (χ4v) is 5.01. The van der Waals surface area contributed by atoms with Gasteiger partial charge < -0.3 is 53.0 Å². The lowest BCUT2D eigenvalue weighted by atomic mass is 10.0. The van der Waals surface area contributed by atoms with Gasteiger partial charge in [-0.05, 0) is 36.1 Å². The molecule has 2 aromatic carbocycles. The number of benzene rings is 2. The minimum Gasteiger partial charge on any atom is -0.508 e. The maximum Gasteiger partial charge on any atom is 0.326 e. The van der Waals surface area contributed by atoms with Gasteiger partial charge in [0, 0.05) is 44.0 Å². The molecule has 5 atom stereocenters. The van der Waals surface area contributed by atoms with E-state index in [1.807, 2.05) is 0 Å². The third-order valence-corrected chi connectivity index (χ3v) is 7.84. The molecule has 0 aliphatic carbocycles. The molecule has 0 unspecified atom stereocenters. The average Bonchev–Trinajstić information content (AvgIpc) is 3.62. The third-order valence-electron chi connectivity index (χ3n) is 7.84. The minimum atomic E-state index is -1.46. The number of primary amides is 1. The van der Waals surface area contributed by atoms with Gasteiger partial charge in [0.2, 0.25) is 29.5 Å². The van der Waals surface area contributed by atoms with Crippen molar-refractivity contribution in [3.05, 3.63) is 83.9 Å². The van der Waals surface area contributed by atoms with E-state index in [0.29, 0.717) is 16.8 Å². The summed E-state index contributed by atoms with van der Waals surface area (Å²) in [5, 5.41) is 38.4. The number of hydrogen-bond donors (Lipinski definition) is 10. The van der Waals surface area contributed by atoms with Crippen LogP contribution in [-0.4, -0.2) is 97.0 Å². The van der Waals surface area contributed by atoms with E-state index in [2.05, 4.69) is 31.2 Å². The number of amides is 5. The molecule has 3 rings (SSSR count). The number of carboxylic acids is 2. The average molecular weight is 723 g/mol. The second kappa shape index (κ2) is 19.8. The van der Waals surface area contributed by atoms with Gasteiger partial charge in [-0.2, -0.15) is 0 Å². The van der Waals surface area contributed by atoms with Crippen molar-refractivity contribution in [1.29, 1.82) is 0 Å². The predicted molar refractivity (Wildman–Crippen MR) is 183 cm³/mol. The molecule has 52 heavy (non-hydrogen) atoms. The largest absolute Gasteiger partial charge is 0.508 e. The molecular formula is C34H42N8O10. The van der Waals surface area contributed by atoms with E-state index in [1.54, 1.807) is 30.3 Å². The number of phenolic OH excluding ortho intramolecular Hbond substituents is 1. The number of nitrogens with one attached hydrogen (secondary N) is 5. The SMILES string of the molecule is NC(=O)CC[C@H](NC(=O)[C@H](Cc1ccccc1)NC(=O)[C@H](Cc1ccc(O)cc1)NC(=O)[C@@H](N)CCC(=O)O)C(=O)N[C@@H](Cc1cnc[nH]1)C(=O)O. The first-order chi connectivity index (χ1) is 24.7. The number of nitrogens with two attached hydrogens (primary N) is 2. The Balaban J connectivity index is 1.88. The fraction of sp³-hybridized carbons (Fsp3) is 0.353. The first kappa shape index (κ1) is 40.1. The molecule has 278 valence electrons. The summed E-state index contributed by atoms with van der Waals surface area (Å²) < 4.78 is 0. The van der Waals surface area contributed by atoms with Gasteiger partial charge in [0.15, 0.2) is 0 Å². The van der Waals surface area contributed by atoms with Crippen LogP contribution in [0.25, 0.3) is 0 Å². The number of aromatic hydroxyl groups is 1. The summed E-state index contributed by atoms with van der Waals surface area (Å²) in [6, 6.07) is 7.40. The van der Waals surface area contributed by atoms with E-state index < -0.39 is 78.1 Å². The second-order valence-corrected chi connectivity index (χ2v) is 12.0. The molecule has 18 nitrogen and oxygen atoms in total. The summed E-state index contributed by atoms with van der Waals surface area (Å²) in [4.78, 5) is 95.3. The molecule has 0 saturated heterocycles. The van der Waals surface area contributed by atoms with Crippen LogP contribution in [0.4, 0.5) is 0 Å². The number of phenols is 1. The Hall–Kier alpha value is -6.30. The molecule has 0 spiro atoms. The van der Waals surface area contributed by atoms with E-state index in [9.17, 15) is 43.8 Å². The zero-order valence-corrected chi connectivity index (χ0v) is 28.0. The maximum atomic E-state index is 13.9. The van der Waals surface area contributed by atoms with Crippen molar-refractivity contribution in [3.63, 3.8) is 0 Å². The highest BCUT2D eigenvalue weighted by Crippen LogP contribution is 2.13. The Morgan fingerprint density at radius 2 is 1.21 bits per heavy atom. The number of carboxylic acid groups (broad SMARTS) is 2. The zero-order valence-electron chi connectivity index (χ0n) is 28.0. The molecular weight excluding hydrogens is 680 g/mol. The van der Waals surface area contributed by atoms with Crippen molar-refractivity contribution >= 4 is 41.5 Å². The normalized spacial score (nSPS) is 13.7. The zero-order chi connectivity index (χ0) is 38.2. The highest BCUT2D eigenvalue weighted by atomic mass is 16.4.